The van der Waals surface area contributed by atoms with Crippen LogP contribution in [0.4, 0.5) is 10.1 Å². The lowest BCUT2D eigenvalue weighted by Gasteiger charge is -2.54. The van der Waals surface area contributed by atoms with E-state index < -0.39 is 23.6 Å². The van der Waals surface area contributed by atoms with Crippen molar-refractivity contribution in [3.05, 3.63) is 23.0 Å². The highest BCUT2D eigenvalue weighted by molar-refractivity contribution is 6.29. The van der Waals surface area contributed by atoms with E-state index in [0.717, 1.165) is 38.5 Å². The maximum absolute atomic E-state index is 14.1. The van der Waals surface area contributed by atoms with Gasteiger partial charge in [0.05, 0.1) is 29.8 Å². The van der Waals surface area contributed by atoms with Crippen LogP contribution in [0.2, 0.25) is 5.15 Å². The molecule has 0 radical (unpaired) electrons. The second-order valence-electron chi connectivity index (χ2n) is 9.64. The van der Waals surface area contributed by atoms with Crippen LogP contribution in [0.1, 0.15) is 69.2 Å². The standard InChI is InChI=1S/C22H32ClFN4O4/c1-20(2,32)16(24)13-26-19(31)14-12-25-17(23)11-15(14)28-22-7-4-21(5-8-22,6-9-22)27-10-3-18(29)30/h11-12,16,27,32H,3-10,13H2,1-2H3,(H,25,28)(H,26,31)(H,29,30)/t16-,21?,22?/m0/s1. The van der Waals surface area contributed by atoms with Gasteiger partial charge in [-0.1, -0.05) is 11.6 Å². The Morgan fingerprint density at radius 1 is 1.22 bits per heavy atom. The van der Waals surface area contributed by atoms with Crippen molar-refractivity contribution in [2.75, 3.05) is 18.4 Å². The number of halogens is 2. The third-order valence-corrected chi connectivity index (χ3v) is 7.02. The molecule has 3 aliphatic rings. The van der Waals surface area contributed by atoms with Crippen LogP contribution in [0.5, 0.6) is 0 Å². The molecular weight excluding hydrogens is 439 g/mol. The highest BCUT2D eigenvalue weighted by atomic mass is 35.5. The Bertz CT molecular complexity index is 836. The zero-order valence-corrected chi connectivity index (χ0v) is 19.3. The van der Waals surface area contributed by atoms with Gasteiger partial charge < -0.3 is 26.2 Å². The summed E-state index contributed by atoms with van der Waals surface area (Å²) >= 11 is 6.10. The first kappa shape index (κ1) is 24.7. The molecule has 0 aliphatic heterocycles. The number of aromatic nitrogens is 1. The summed E-state index contributed by atoms with van der Waals surface area (Å²) in [6.07, 6.45) is 5.22. The fraction of sp³-hybridized carbons (Fsp3) is 0.682. The van der Waals surface area contributed by atoms with Gasteiger partial charge in [0.15, 0.2) is 0 Å². The predicted octanol–water partition coefficient (Wildman–Crippen LogP) is 2.90. The molecule has 0 unspecified atom stereocenters. The van der Waals surface area contributed by atoms with E-state index >= 15 is 0 Å². The van der Waals surface area contributed by atoms with E-state index in [1.807, 2.05) is 0 Å². The number of rotatable bonds is 10. The van der Waals surface area contributed by atoms with E-state index in [1.54, 1.807) is 6.07 Å². The Kier molecular flexibility index (Phi) is 7.31. The van der Waals surface area contributed by atoms with Crippen LogP contribution in [0.3, 0.4) is 0 Å². The number of aliphatic carboxylic acids is 1. The summed E-state index contributed by atoms with van der Waals surface area (Å²) in [6.45, 7) is 2.84. The van der Waals surface area contributed by atoms with E-state index in [0.29, 0.717) is 12.2 Å². The Labute approximate surface area is 192 Å². The largest absolute Gasteiger partial charge is 0.481 e. The molecule has 0 spiro atoms. The SMILES string of the molecule is CC(C)(O)[C@@H](F)CNC(=O)c1cnc(Cl)cc1NC12CCC(NCCC(=O)O)(CC1)CC2. The quantitative estimate of drug-likeness (QED) is 0.333. The van der Waals surface area contributed by atoms with Gasteiger partial charge in [-0.15, -0.1) is 0 Å². The molecule has 8 nitrogen and oxygen atoms in total. The molecule has 178 valence electrons. The summed E-state index contributed by atoms with van der Waals surface area (Å²) < 4.78 is 14.1. The Hall–Kier alpha value is -1.97. The van der Waals surface area contributed by atoms with Gasteiger partial charge >= 0.3 is 5.97 Å². The monoisotopic (exact) mass is 470 g/mol. The van der Waals surface area contributed by atoms with Crippen molar-refractivity contribution >= 4 is 29.2 Å². The van der Waals surface area contributed by atoms with Crippen LogP contribution in [0, 0.1) is 0 Å². The van der Waals surface area contributed by atoms with Crippen molar-refractivity contribution in [3.63, 3.8) is 0 Å². The lowest BCUT2D eigenvalue weighted by Crippen LogP contribution is -2.60. The van der Waals surface area contributed by atoms with Crippen molar-refractivity contribution in [1.82, 2.24) is 15.6 Å². The maximum atomic E-state index is 14.1. The molecule has 3 aliphatic carbocycles. The summed E-state index contributed by atoms with van der Waals surface area (Å²) in [5, 5.41) is 28.4. The lowest BCUT2D eigenvalue weighted by atomic mass is 9.61. The number of amides is 1. The number of nitrogens with one attached hydrogen (secondary N) is 3. The molecule has 1 aromatic rings. The number of carboxylic acid groups (broad SMARTS) is 1. The molecule has 5 N–H and O–H groups in total. The molecule has 1 heterocycles. The Morgan fingerprint density at radius 2 is 1.81 bits per heavy atom. The van der Waals surface area contributed by atoms with E-state index in [9.17, 15) is 19.1 Å². The molecule has 3 fully saturated rings. The smallest absolute Gasteiger partial charge is 0.304 e. The summed E-state index contributed by atoms with van der Waals surface area (Å²) in [5.41, 5.74) is -0.947. The van der Waals surface area contributed by atoms with Crippen molar-refractivity contribution in [2.24, 2.45) is 0 Å². The number of hydrogen-bond acceptors (Lipinski definition) is 6. The number of carbonyl (C=O) groups is 2. The number of anilines is 1. The first-order valence-electron chi connectivity index (χ1n) is 11.0. The third kappa shape index (κ3) is 5.88. The van der Waals surface area contributed by atoms with Gasteiger partial charge in [-0.25, -0.2) is 9.37 Å². The van der Waals surface area contributed by atoms with Gasteiger partial charge in [0.2, 0.25) is 0 Å². The second kappa shape index (κ2) is 9.49. The van der Waals surface area contributed by atoms with Crippen LogP contribution >= 0.6 is 11.6 Å². The average molecular weight is 471 g/mol. The maximum Gasteiger partial charge on any atom is 0.304 e. The number of carbonyl (C=O) groups excluding carboxylic acids is 1. The molecule has 3 saturated carbocycles. The number of alkyl halides is 1. The minimum atomic E-state index is -1.61. The topological polar surface area (TPSA) is 124 Å². The lowest BCUT2D eigenvalue weighted by molar-refractivity contribution is -0.137. The van der Waals surface area contributed by atoms with E-state index in [2.05, 4.69) is 20.9 Å². The first-order chi connectivity index (χ1) is 14.9. The molecule has 2 bridgehead atoms. The zero-order chi connectivity index (χ0) is 23.6. The molecule has 1 aromatic heterocycles. The summed E-state index contributed by atoms with van der Waals surface area (Å²) in [4.78, 5) is 27.6. The van der Waals surface area contributed by atoms with Gasteiger partial charge in [0, 0.05) is 23.8 Å². The molecule has 0 aromatic carbocycles. The van der Waals surface area contributed by atoms with Gasteiger partial charge in [-0.3, -0.25) is 9.59 Å². The first-order valence-corrected chi connectivity index (χ1v) is 11.4. The van der Waals surface area contributed by atoms with Crippen LogP contribution in [-0.4, -0.2) is 63.0 Å². The van der Waals surface area contributed by atoms with Crippen molar-refractivity contribution in [2.45, 2.75) is 81.6 Å². The molecule has 4 rings (SSSR count). The van der Waals surface area contributed by atoms with Crippen LogP contribution in [0.15, 0.2) is 12.3 Å². The fourth-order valence-electron chi connectivity index (χ4n) is 4.60. The average Bonchev–Trinajstić information content (AvgIpc) is 2.72. The summed E-state index contributed by atoms with van der Waals surface area (Å²) in [7, 11) is 0. The number of hydrogen-bond donors (Lipinski definition) is 5. The predicted molar refractivity (Wildman–Crippen MR) is 120 cm³/mol. The van der Waals surface area contributed by atoms with Crippen LogP contribution < -0.4 is 16.0 Å². The van der Waals surface area contributed by atoms with Crippen LogP contribution in [-0.2, 0) is 4.79 Å². The van der Waals surface area contributed by atoms with Gasteiger partial charge in [-0.05, 0) is 58.4 Å². The summed E-state index contributed by atoms with van der Waals surface area (Å²) in [6, 6.07) is 1.61. The van der Waals surface area contributed by atoms with Gasteiger partial charge in [-0.2, -0.15) is 0 Å². The fourth-order valence-corrected chi connectivity index (χ4v) is 4.76. The zero-order valence-electron chi connectivity index (χ0n) is 18.5. The second-order valence-corrected chi connectivity index (χ2v) is 10.0. The van der Waals surface area contributed by atoms with E-state index in [-0.39, 0.29) is 34.8 Å². The number of pyridine rings is 1. The summed E-state index contributed by atoms with van der Waals surface area (Å²) in [5.74, 6) is -1.30. The normalized spacial score (nSPS) is 25.9. The minimum Gasteiger partial charge on any atom is -0.481 e. The third-order valence-electron chi connectivity index (χ3n) is 6.81. The number of carboxylic acids is 1. The molecule has 10 heteroatoms. The molecular formula is C22H32ClFN4O4. The van der Waals surface area contributed by atoms with E-state index in [4.69, 9.17) is 16.7 Å². The van der Waals surface area contributed by atoms with E-state index in [1.165, 1.54) is 20.0 Å². The van der Waals surface area contributed by atoms with Crippen molar-refractivity contribution in [1.29, 1.82) is 0 Å². The Morgan fingerprint density at radius 3 is 2.38 bits per heavy atom. The molecule has 1 atom stereocenters. The minimum absolute atomic E-state index is 0.0256. The molecule has 0 saturated heterocycles. The highest BCUT2D eigenvalue weighted by Gasteiger charge is 2.48. The van der Waals surface area contributed by atoms with Gasteiger partial charge in [0.1, 0.15) is 11.3 Å². The van der Waals surface area contributed by atoms with Crippen molar-refractivity contribution < 1.29 is 24.2 Å². The number of nitrogens with zero attached hydrogens (tertiary/aromatic N) is 1. The molecule has 32 heavy (non-hydrogen) atoms. The highest BCUT2D eigenvalue weighted by Crippen LogP contribution is 2.48. The van der Waals surface area contributed by atoms with Gasteiger partial charge in [0.25, 0.3) is 5.91 Å². The van der Waals surface area contributed by atoms with Crippen LogP contribution in [0.25, 0.3) is 0 Å². The molecule has 1 amide bonds. The Balaban J connectivity index is 1.66. The number of aliphatic hydroxyl groups is 1. The number of fused-ring (bicyclic) bond motifs is 3. The van der Waals surface area contributed by atoms with Crippen molar-refractivity contribution in [3.8, 4) is 0 Å².